The van der Waals surface area contributed by atoms with Gasteiger partial charge in [-0.05, 0) is 23.5 Å². The van der Waals surface area contributed by atoms with Gasteiger partial charge >= 0.3 is 0 Å². The highest BCUT2D eigenvalue weighted by Crippen LogP contribution is 2.41. The number of benzene rings is 1. The largest absolute Gasteiger partial charge is 0.322 e. The van der Waals surface area contributed by atoms with Crippen molar-refractivity contribution < 1.29 is 0 Å². The van der Waals surface area contributed by atoms with Crippen molar-refractivity contribution in [3.05, 3.63) is 48.0 Å². The molecule has 2 aromatic rings. The maximum Gasteiger partial charge on any atom is 0.137 e. The van der Waals surface area contributed by atoms with Crippen LogP contribution in [0.5, 0.6) is 0 Å². The zero-order valence-electron chi connectivity index (χ0n) is 9.82. The van der Waals surface area contributed by atoms with E-state index in [1.54, 1.807) is 12.7 Å². The van der Waals surface area contributed by atoms with Crippen molar-refractivity contribution in [2.24, 2.45) is 5.73 Å². The zero-order valence-corrected chi connectivity index (χ0v) is 9.82. The molecule has 88 valence electrons. The minimum Gasteiger partial charge on any atom is -0.322 e. The molecule has 0 amide bonds. The van der Waals surface area contributed by atoms with E-state index in [0.29, 0.717) is 5.92 Å². The van der Waals surface area contributed by atoms with Crippen molar-refractivity contribution in [2.75, 3.05) is 0 Å². The summed E-state index contributed by atoms with van der Waals surface area (Å²) >= 11 is 0. The molecule has 0 bridgehead atoms. The van der Waals surface area contributed by atoms with Crippen LogP contribution in [0.4, 0.5) is 0 Å². The molecule has 17 heavy (non-hydrogen) atoms. The molecule has 1 aromatic carbocycles. The van der Waals surface area contributed by atoms with Crippen LogP contribution < -0.4 is 5.73 Å². The first-order valence-electron chi connectivity index (χ1n) is 5.96. The Morgan fingerprint density at radius 1 is 1.29 bits per heavy atom. The topological polar surface area (TPSA) is 56.7 Å². The van der Waals surface area contributed by atoms with Gasteiger partial charge in [0.1, 0.15) is 12.7 Å². The highest BCUT2D eigenvalue weighted by molar-refractivity contribution is 5.35. The third-order valence-electron chi connectivity index (χ3n) is 3.67. The summed E-state index contributed by atoms with van der Waals surface area (Å²) in [4.78, 5) is 4.01. The smallest absolute Gasteiger partial charge is 0.137 e. The first-order chi connectivity index (χ1) is 8.27. The van der Waals surface area contributed by atoms with E-state index in [1.807, 2.05) is 4.68 Å². The number of aromatic nitrogens is 3. The average molecular weight is 228 g/mol. The number of hydrogen-bond donors (Lipinski definition) is 1. The van der Waals surface area contributed by atoms with E-state index in [4.69, 9.17) is 5.73 Å². The fourth-order valence-electron chi connectivity index (χ4n) is 2.77. The fourth-order valence-corrected chi connectivity index (χ4v) is 2.77. The number of rotatable bonds is 1. The Bertz CT molecular complexity index is 506. The SMILES string of the molecule is CC1CC(n2cncn2)C(N)c2ccccc21. The molecule has 0 saturated heterocycles. The number of nitrogens with zero attached hydrogens (tertiary/aromatic N) is 3. The quantitative estimate of drug-likeness (QED) is 0.812. The lowest BCUT2D eigenvalue weighted by atomic mass is 9.78. The molecule has 3 unspecified atom stereocenters. The van der Waals surface area contributed by atoms with Gasteiger partial charge in [0, 0.05) is 0 Å². The molecule has 1 aliphatic rings. The second-order valence-corrected chi connectivity index (χ2v) is 4.73. The molecule has 0 radical (unpaired) electrons. The van der Waals surface area contributed by atoms with E-state index in [2.05, 4.69) is 41.3 Å². The molecule has 1 aliphatic carbocycles. The van der Waals surface area contributed by atoms with Gasteiger partial charge in [0.2, 0.25) is 0 Å². The fraction of sp³-hybridized carbons (Fsp3) is 0.385. The van der Waals surface area contributed by atoms with Gasteiger partial charge in [0.15, 0.2) is 0 Å². The molecule has 0 aliphatic heterocycles. The van der Waals surface area contributed by atoms with Crippen LogP contribution in [0.3, 0.4) is 0 Å². The van der Waals surface area contributed by atoms with Crippen molar-refractivity contribution in [3.63, 3.8) is 0 Å². The normalized spacial score (nSPS) is 27.8. The van der Waals surface area contributed by atoms with Crippen LogP contribution in [0, 0.1) is 0 Å². The highest BCUT2D eigenvalue weighted by atomic mass is 15.3. The molecule has 1 aromatic heterocycles. The van der Waals surface area contributed by atoms with Crippen LogP contribution in [-0.2, 0) is 0 Å². The van der Waals surface area contributed by atoms with E-state index in [1.165, 1.54) is 11.1 Å². The lowest BCUT2D eigenvalue weighted by molar-refractivity contribution is 0.318. The van der Waals surface area contributed by atoms with E-state index in [0.717, 1.165) is 6.42 Å². The number of nitrogens with two attached hydrogens (primary N) is 1. The number of hydrogen-bond acceptors (Lipinski definition) is 3. The van der Waals surface area contributed by atoms with Gasteiger partial charge < -0.3 is 5.73 Å². The monoisotopic (exact) mass is 228 g/mol. The van der Waals surface area contributed by atoms with Crippen molar-refractivity contribution in [1.29, 1.82) is 0 Å². The summed E-state index contributed by atoms with van der Waals surface area (Å²) < 4.78 is 1.89. The maximum atomic E-state index is 6.36. The third-order valence-corrected chi connectivity index (χ3v) is 3.67. The Morgan fingerprint density at radius 2 is 2.06 bits per heavy atom. The molecule has 0 saturated carbocycles. The minimum absolute atomic E-state index is 0.00380. The van der Waals surface area contributed by atoms with E-state index >= 15 is 0 Å². The van der Waals surface area contributed by atoms with Crippen molar-refractivity contribution in [3.8, 4) is 0 Å². The standard InChI is InChI=1S/C13H16N4/c1-9-6-12(17-8-15-7-16-17)13(14)11-5-3-2-4-10(9)11/h2-5,7-9,12-13H,6,14H2,1H3. The molecule has 3 atom stereocenters. The Morgan fingerprint density at radius 3 is 2.76 bits per heavy atom. The lowest BCUT2D eigenvalue weighted by Gasteiger charge is -2.34. The van der Waals surface area contributed by atoms with Crippen LogP contribution in [0.1, 0.15) is 42.5 Å². The summed E-state index contributed by atoms with van der Waals surface area (Å²) in [6.07, 6.45) is 4.34. The summed E-state index contributed by atoms with van der Waals surface area (Å²) in [7, 11) is 0. The van der Waals surface area contributed by atoms with Gasteiger partial charge in [0.25, 0.3) is 0 Å². The van der Waals surface area contributed by atoms with Gasteiger partial charge in [-0.15, -0.1) is 0 Å². The van der Waals surface area contributed by atoms with Crippen LogP contribution in [-0.4, -0.2) is 14.8 Å². The lowest BCUT2D eigenvalue weighted by Crippen LogP contribution is -2.31. The Hall–Kier alpha value is -1.68. The van der Waals surface area contributed by atoms with Crippen molar-refractivity contribution >= 4 is 0 Å². The van der Waals surface area contributed by atoms with Gasteiger partial charge in [-0.1, -0.05) is 31.2 Å². The van der Waals surface area contributed by atoms with Gasteiger partial charge in [-0.3, -0.25) is 0 Å². The molecule has 0 spiro atoms. The van der Waals surface area contributed by atoms with E-state index < -0.39 is 0 Å². The maximum absolute atomic E-state index is 6.36. The molecule has 4 nitrogen and oxygen atoms in total. The second kappa shape index (κ2) is 3.96. The third kappa shape index (κ3) is 1.65. The van der Waals surface area contributed by atoms with E-state index in [-0.39, 0.29) is 12.1 Å². The molecular formula is C13H16N4. The first kappa shape index (κ1) is 10.5. The van der Waals surface area contributed by atoms with Crippen LogP contribution in [0.25, 0.3) is 0 Å². The molecular weight excluding hydrogens is 212 g/mol. The Labute approximate surface area is 100 Å². The van der Waals surface area contributed by atoms with Crippen LogP contribution in [0.15, 0.2) is 36.9 Å². The average Bonchev–Trinajstić information content (AvgIpc) is 2.87. The second-order valence-electron chi connectivity index (χ2n) is 4.73. The number of fused-ring (bicyclic) bond motifs is 1. The molecule has 4 heteroatoms. The highest BCUT2D eigenvalue weighted by Gasteiger charge is 2.31. The predicted octanol–water partition coefficient (Wildman–Crippen LogP) is 2.03. The summed E-state index contributed by atoms with van der Waals surface area (Å²) in [6, 6.07) is 8.65. The van der Waals surface area contributed by atoms with Crippen molar-refractivity contribution in [2.45, 2.75) is 31.3 Å². The molecule has 0 fully saturated rings. The van der Waals surface area contributed by atoms with Gasteiger partial charge in [-0.25, -0.2) is 9.67 Å². The van der Waals surface area contributed by atoms with Crippen molar-refractivity contribution in [1.82, 2.24) is 14.8 Å². The van der Waals surface area contributed by atoms with Gasteiger partial charge in [0.05, 0.1) is 12.1 Å². The van der Waals surface area contributed by atoms with E-state index in [9.17, 15) is 0 Å². The first-order valence-corrected chi connectivity index (χ1v) is 5.96. The summed E-state index contributed by atoms with van der Waals surface area (Å²) in [6.45, 7) is 2.24. The summed E-state index contributed by atoms with van der Waals surface area (Å²) in [5, 5.41) is 4.22. The molecule has 3 rings (SSSR count). The predicted molar refractivity (Wildman–Crippen MR) is 65.5 cm³/mol. The summed E-state index contributed by atoms with van der Waals surface area (Å²) in [5.41, 5.74) is 8.97. The van der Waals surface area contributed by atoms with Gasteiger partial charge in [-0.2, -0.15) is 5.10 Å². The molecule has 1 heterocycles. The zero-order chi connectivity index (χ0) is 11.8. The van der Waals surface area contributed by atoms with Crippen LogP contribution >= 0.6 is 0 Å². The minimum atomic E-state index is 0.00380. The Kier molecular flexibility index (Phi) is 2.44. The Balaban J connectivity index is 2.03. The van der Waals surface area contributed by atoms with Crippen LogP contribution in [0.2, 0.25) is 0 Å². The summed E-state index contributed by atoms with van der Waals surface area (Å²) in [5.74, 6) is 0.514. The molecule has 2 N–H and O–H groups in total.